The van der Waals surface area contributed by atoms with Crippen molar-refractivity contribution in [3.05, 3.63) is 45.0 Å². The van der Waals surface area contributed by atoms with Crippen molar-refractivity contribution in [1.82, 2.24) is 4.98 Å². The van der Waals surface area contributed by atoms with E-state index < -0.39 is 4.92 Å². The zero-order chi connectivity index (χ0) is 12.4. The number of aryl methyl sites for hydroxylation is 2. The molecule has 0 saturated heterocycles. The quantitative estimate of drug-likeness (QED) is 0.668. The van der Waals surface area contributed by atoms with Crippen molar-refractivity contribution in [3.63, 3.8) is 0 Å². The van der Waals surface area contributed by atoms with Gasteiger partial charge in [0.05, 0.1) is 16.3 Å². The molecule has 88 valence electrons. The van der Waals surface area contributed by atoms with E-state index in [-0.39, 0.29) is 5.69 Å². The molecule has 2 rings (SSSR count). The number of nitro groups is 1. The van der Waals surface area contributed by atoms with Gasteiger partial charge in [0.15, 0.2) is 5.13 Å². The molecule has 0 amide bonds. The number of hydrogen-bond acceptors (Lipinski definition) is 5. The first-order valence-electron chi connectivity index (χ1n) is 5.00. The maximum Gasteiger partial charge on any atom is 0.271 e. The fourth-order valence-corrected chi connectivity index (χ4v) is 2.09. The Balaban J connectivity index is 2.31. The van der Waals surface area contributed by atoms with E-state index in [2.05, 4.69) is 10.3 Å². The van der Waals surface area contributed by atoms with E-state index in [9.17, 15) is 10.1 Å². The predicted octanol–water partition coefficient (Wildman–Crippen LogP) is 3.41. The maximum atomic E-state index is 10.7. The molecule has 6 heteroatoms. The van der Waals surface area contributed by atoms with E-state index in [1.54, 1.807) is 6.07 Å². The standard InChI is InChI=1S/C11H11N3O2S/c1-7-3-4-9(14(15)16)5-10(7)13-11-12-8(2)6-17-11/h3-6H,1-2H3,(H,12,13). The molecular weight excluding hydrogens is 238 g/mol. The molecule has 0 aliphatic carbocycles. The van der Waals surface area contributed by atoms with Gasteiger partial charge in [-0.05, 0) is 19.4 Å². The summed E-state index contributed by atoms with van der Waals surface area (Å²) in [4.78, 5) is 14.5. The van der Waals surface area contributed by atoms with Crippen LogP contribution < -0.4 is 5.32 Å². The van der Waals surface area contributed by atoms with Crippen molar-refractivity contribution < 1.29 is 4.92 Å². The fraction of sp³-hybridized carbons (Fsp3) is 0.182. The highest BCUT2D eigenvalue weighted by molar-refractivity contribution is 7.13. The van der Waals surface area contributed by atoms with Crippen LogP contribution in [0.1, 0.15) is 11.3 Å². The minimum atomic E-state index is -0.405. The normalized spacial score (nSPS) is 10.2. The Morgan fingerprint density at radius 1 is 1.41 bits per heavy atom. The fourth-order valence-electron chi connectivity index (χ4n) is 1.38. The van der Waals surface area contributed by atoms with Gasteiger partial charge in [-0.2, -0.15) is 0 Å². The lowest BCUT2D eigenvalue weighted by Crippen LogP contribution is -1.95. The summed E-state index contributed by atoms with van der Waals surface area (Å²) < 4.78 is 0. The minimum Gasteiger partial charge on any atom is -0.331 e. The molecule has 0 saturated carbocycles. The second kappa shape index (κ2) is 4.50. The summed E-state index contributed by atoms with van der Waals surface area (Å²) in [6.45, 7) is 3.80. The third kappa shape index (κ3) is 2.59. The van der Waals surface area contributed by atoms with E-state index in [1.807, 2.05) is 19.2 Å². The van der Waals surface area contributed by atoms with Crippen LogP contribution in [-0.2, 0) is 0 Å². The highest BCUT2D eigenvalue weighted by atomic mass is 32.1. The molecule has 1 heterocycles. The molecule has 5 nitrogen and oxygen atoms in total. The van der Waals surface area contributed by atoms with Crippen LogP contribution in [0.5, 0.6) is 0 Å². The number of nitrogens with one attached hydrogen (secondary N) is 1. The first-order valence-corrected chi connectivity index (χ1v) is 5.88. The predicted molar refractivity (Wildman–Crippen MR) is 68.0 cm³/mol. The van der Waals surface area contributed by atoms with Crippen LogP contribution in [0.3, 0.4) is 0 Å². The zero-order valence-corrected chi connectivity index (χ0v) is 10.2. The Labute approximate surface area is 102 Å². The molecule has 0 radical (unpaired) electrons. The Kier molecular flexibility index (Phi) is 3.06. The number of nitrogens with zero attached hydrogens (tertiary/aromatic N) is 2. The highest BCUT2D eigenvalue weighted by Gasteiger charge is 2.09. The Hall–Kier alpha value is -1.95. The Morgan fingerprint density at radius 3 is 2.76 bits per heavy atom. The molecule has 0 aliphatic rings. The number of nitro benzene ring substituents is 1. The van der Waals surface area contributed by atoms with Crippen LogP contribution in [0.25, 0.3) is 0 Å². The number of aromatic nitrogens is 1. The van der Waals surface area contributed by atoms with Crippen LogP contribution in [0.4, 0.5) is 16.5 Å². The third-order valence-corrected chi connectivity index (χ3v) is 3.17. The number of anilines is 2. The van der Waals surface area contributed by atoms with Crippen molar-refractivity contribution in [3.8, 4) is 0 Å². The molecule has 0 aliphatic heterocycles. The lowest BCUT2D eigenvalue weighted by Gasteiger charge is -2.05. The van der Waals surface area contributed by atoms with Crippen LogP contribution >= 0.6 is 11.3 Å². The van der Waals surface area contributed by atoms with Crippen molar-refractivity contribution in [2.75, 3.05) is 5.32 Å². The number of rotatable bonds is 3. The molecule has 0 unspecified atom stereocenters. The average molecular weight is 249 g/mol. The molecule has 1 aromatic heterocycles. The van der Waals surface area contributed by atoms with Gasteiger partial charge < -0.3 is 5.32 Å². The van der Waals surface area contributed by atoms with E-state index in [1.165, 1.54) is 23.5 Å². The molecule has 17 heavy (non-hydrogen) atoms. The molecule has 0 atom stereocenters. The van der Waals surface area contributed by atoms with Gasteiger partial charge in [-0.15, -0.1) is 11.3 Å². The summed E-state index contributed by atoms with van der Waals surface area (Å²) in [7, 11) is 0. The summed E-state index contributed by atoms with van der Waals surface area (Å²) in [6.07, 6.45) is 0. The minimum absolute atomic E-state index is 0.0754. The largest absolute Gasteiger partial charge is 0.331 e. The summed E-state index contributed by atoms with van der Waals surface area (Å²) in [5.41, 5.74) is 2.67. The summed E-state index contributed by atoms with van der Waals surface area (Å²) in [5, 5.41) is 16.4. The molecular formula is C11H11N3O2S. The first-order chi connectivity index (χ1) is 8.06. The van der Waals surface area contributed by atoms with Gasteiger partial charge in [-0.25, -0.2) is 4.98 Å². The van der Waals surface area contributed by atoms with Gasteiger partial charge >= 0.3 is 0 Å². The van der Waals surface area contributed by atoms with Crippen LogP contribution in [0.2, 0.25) is 0 Å². The van der Waals surface area contributed by atoms with Gasteiger partial charge in [0, 0.05) is 17.5 Å². The molecule has 2 aromatic rings. The van der Waals surface area contributed by atoms with Gasteiger partial charge in [0.2, 0.25) is 0 Å². The smallest absolute Gasteiger partial charge is 0.271 e. The molecule has 1 N–H and O–H groups in total. The van der Waals surface area contributed by atoms with E-state index in [0.29, 0.717) is 5.69 Å². The van der Waals surface area contributed by atoms with E-state index in [0.717, 1.165) is 16.4 Å². The van der Waals surface area contributed by atoms with Crippen LogP contribution in [0, 0.1) is 24.0 Å². The zero-order valence-electron chi connectivity index (χ0n) is 9.43. The Morgan fingerprint density at radius 2 is 2.18 bits per heavy atom. The average Bonchev–Trinajstić information content (AvgIpc) is 2.67. The molecule has 1 aromatic carbocycles. The second-order valence-corrected chi connectivity index (χ2v) is 4.53. The van der Waals surface area contributed by atoms with Gasteiger partial charge in [0.1, 0.15) is 0 Å². The number of hydrogen-bond donors (Lipinski definition) is 1. The summed E-state index contributed by atoms with van der Waals surface area (Å²) in [5.74, 6) is 0. The van der Waals surface area contributed by atoms with Gasteiger partial charge in [-0.1, -0.05) is 6.07 Å². The van der Waals surface area contributed by atoms with Crippen molar-refractivity contribution in [1.29, 1.82) is 0 Å². The summed E-state index contributed by atoms with van der Waals surface area (Å²) >= 11 is 1.48. The first kappa shape index (κ1) is 11.5. The van der Waals surface area contributed by atoms with E-state index in [4.69, 9.17) is 0 Å². The second-order valence-electron chi connectivity index (χ2n) is 3.68. The highest BCUT2D eigenvalue weighted by Crippen LogP contribution is 2.26. The summed E-state index contributed by atoms with van der Waals surface area (Å²) in [6, 6.07) is 4.74. The lowest BCUT2D eigenvalue weighted by molar-refractivity contribution is -0.384. The number of thiazole rings is 1. The number of non-ortho nitro benzene ring substituents is 1. The monoisotopic (exact) mass is 249 g/mol. The molecule has 0 bridgehead atoms. The van der Waals surface area contributed by atoms with Crippen molar-refractivity contribution in [2.45, 2.75) is 13.8 Å². The molecule has 0 fully saturated rings. The van der Waals surface area contributed by atoms with Crippen molar-refractivity contribution in [2.24, 2.45) is 0 Å². The van der Waals surface area contributed by atoms with Crippen molar-refractivity contribution >= 4 is 27.8 Å². The van der Waals surface area contributed by atoms with Crippen LogP contribution in [-0.4, -0.2) is 9.91 Å². The third-order valence-electron chi connectivity index (χ3n) is 2.29. The topological polar surface area (TPSA) is 68.1 Å². The van der Waals surface area contributed by atoms with Gasteiger partial charge in [0.25, 0.3) is 5.69 Å². The Bertz CT molecular complexity index is 566. The van der Waals surface area contributed by atoms with Crippen LogP contribution in [0.15, 0.2) is 23.6 Å². The van der Waals surface area contributed by atoms with Gasteiger partial charge in [-0.3, -0.25) is 10.1 Å². The SMILES string of the molecule is Cc1csc(Nc2cc([N+](=O)[O-])ccc2C)n1. The maximum absolute atomic E-state index is 10.7. The molecule has 0 spiro atoms. The number of benzene rings is 1. The lowest BCUT2D eigenvalue weighted by atomic mass is 10.2. The van der Waals surface area contributed by atoms with E-state index >= 15 is 0 Å².